The normalized spacial score (nSPS) is 16.6. The van der Waals surface area contributed by atoms with Gasteiger partial charge in [0.05, 0.1) is 0 Å². The summed E-state index contributed by atoms with van der Waals surface area (Å²) in [7, 11) is 0. The van der Waals surface area contributed by atoms with Gasteiger partial charge in [-0.3, -0.25) is 4.57 Å². The molecule has 1 N–H and O–H groups in total. The molecule has 2 aromatic carbocycles. The van der Waals surface area contributed by atoms with Crippen LogP contribution in [0.2, 0.25) is 0 Å². The first-order chi connectivity index (χ1) is 12.3. The molecule has 1 unspecified atom stereocenters. The molecular weight excluding hydrogens is 330 g/mol. The maximum Gasteiger partial charge on any atom is 0.343 e. The van der Waals surface area contributed by atoms with Crippen molar-refractivity contribution in [1.82, 2.24) is 14.8 Å². The number of thioether (sulfide) groups is 1. The van der Waals surface area contributed by atoms with E-state index in [0.717, 1.165) is 24.4 Å². The lowest BCUT2D eigenvalue weighted by molar-refractivity contribution is 0.610. The first-order valence-electron chi connectivity index (χ1n) is 8.75. The van der Waals surface area contributed by atoms with Crippen molar-refractivity contribution in [3.8, 4) is 0 Å². The number of H-pyrrole nitrogens is 1. The van der Waals surface area contributed by atoms with Crippen LogP contribution in [0.4, 0.5) is 0 Å². The molecule has 0 radical (unpaired) electrons. The summed E-state index contributed by atoms with van der Waals surface area (Å²) in [6, 6.07) is 18.9. The van der Waals surface area contributed by atoms with Crippen LogP contribution in [-0.2, 0) is 19.4 Å². The van der Waals surface area contributed by atoms with E-state index in [1.54, 1.807) is 16.3 Å². The van der Waals surface area contributed by atoms with Gasteiger partial charge in [-0.15, -0.1) is 5.10 Å². The number of hydrogen-bond acceptors (Lipinski definition) is 3. The molecule has 1 heterocycles. The Hall–Kier alpha value is -2.27. The van der Waals surface area contributed by atoms with Crippen LogP contribution in [0.15, 0.2) is 64.5 Å². The van der Waals surface area contributed by atoms with Crippen molar-refractivity contribution in [2.45, 2.75) is 42.6 Å². The van der Waals surface area contributed by atoms with Gasteiger partial charge in [0.15, 0.2) is 5.16 Å². The van der Waals surface area contributed by atoms with Crippen LogP contribution in [0.3, 0.4) is 0 Å². The maximum atomic E-state index is 12.2. The number of aryl methyl sites for hydroxylation is 2. The topological polar surface area (TPSA) is 50.7 Å². The summed E-state index contributed by atoms with van der Waals surface area (Å²) >= 11 is 1.71. The van der Waals surface area contributed by atoms with Gasteiger partial charge >= 0.3 is 5.69 Å². The average Bonchev–Trinajstić information content (AvgIpc) is 3.01. The van der Waals surface area contributed by atoms with E-state index < -0.39 is 0 Å². The molecule has 3 aromatic rings. The summed E-state index contributed by atoms with van der Waals surface area (Å²) in [6.07, 6.45) is 4.29. The van der Waals surface area contributed by atoms with Gasteiger partial charge in [0.1, 0.15) is 0 Å². The molecule has 5 heteroatoms. The molecular formula is C20H21N3OS. The Morgan fingerprint density at radius 2 is 1.92 bits per heavy atom. The van der Waals surface area contributed by atoms with Crippen LogP contribution >= 0.6 is 11.8 Å². The molecule has 128 valence electrons. The van der Waals surface area contributed by atoms with Gasteiger partial charge in [-0.05, 0) is 42.4 Å². The molecule has 0 bridgehead atoms. The maximum absolute atomic E-state index is 12.2. The number of hydrogen-bond donors (Lipinski definition) is 1. The lowest BCUT2D eigenvalue weighted by atomic mass is 9.91. The second kappa shape index (κ2) is 7.31. The fraction of sp³-hybridized carbons (Fsp3) is 0.300. The van der Waals surface area contributed by atoms with Crippen molar-refractivity contribution in [2.75, 3.05) is 0 Å². The minimum Gasteiger partial charge on any atom is -0.270 e. The lowest BCUT2D eigenvalue weighted by Crippen LogP contribution is -2.19. The third-order valence-corrected chi connectivity index (χ3v) is 6.05. The predicted octanol–water partition coefficient (Wildman–Crippen LogP) is 3.98. The van der Waals surface area contributed by atoms with E-state index in [1.807, 2.05) is 18.2 Å². The second-order valence-corrected chi connectivity index (χ2v) is 7.57. The van der Waals surface area contributed by atoms with Crippen LogP contribution in [0, 0.1) is 0 Å². The van der Waals surface area contributed by atoms with Gasteiger partial charge in [-0.2, -0.15) is 0 Å². The highest BCUT2D eigenvalue weighted by Gasteiger charge is 2.23. The third kappa shape index (κ3) is 3.56. The Labute approximate surface area is 151 Å². The summed E-state index contributed by atoms with van der Waals surface area (Å²) in [5.74, 6) is 0. The van der Waals surface area contributed by atoms with Crippen molar-refractivity contribution in [3.05, 3.63) is 81.8 Å². The number of fused-ring (bicyclic) bond motifs is 1. The highest BCUT2D eigenvalue weighted by Crippen LogP contribution is 2.42. The SMILES string of the molecule is O=c1[nH]nc(SC2CCCc3ccccc32)n1CCc1ccccc1. The van der Waals surface area contributed by atoms with E-state index in [2.05, 4.69) is 46.6 Å². The van der Waals surface area contributed by atoms with Gasteiger partial charge < -0.3 is 0 Å². The quantitative estimate of drug-likeness (QED) is 0.756. The summed E-state index contributed by atoms with van der Waals surface area (Å²) in [5, 5.41) is 8.07. The van der Waals surface area contributed by atoms with Gasteiger partial charge in [0.25, 0.3) is 0 Å². The molecule has 1 aromatic heterocycles. The van der Waals surface area contributed by atoms with Crippen LogP contribution in [0.25, 0.3) is 0 Å². The first kappa shape index (κ1) is 16.2. The van der Waals surface area contributed by atoms with E-state index >= 15 is 0 Å². The number of nitrogens with zero attached hydrogens (tertiary/aromatic N) is 2. The van der Waals surface area contributed by atoms with E-state index in [-0.39, 0.29) is 5.69 Å². The molecule has 0 spiro atoms. The minimum atomic E-state index is -0.123. The largest absolute Gasteiger partial charge is 0.343 e. The predicted molar refractivity (Wildman–Crippen MR) is 101 cm³/mol. The number of benzene rings is 2. The summed E-state index contributed by atoms with van der Waals surface area (Å²) < 4.78 is 1.77. The van der Waals surface area contributed by atoms with Crippen molar-refractivity contribution in [2.24, 2.45) is 0 Å². The first-order valence-corrected chi connectivity index (χ1v) is 9.63. The van der Waals surface area contributed by atoms with Gasteiger partial charge in [-0.25, -0.2) is 9.89 Å². The van der Waals surface area contributed by atoms with Crippen LogP contribution in [-0.4, -0.2) is 14.8 Å². The molecule has 0 fully saturated rings. The summed E-state index contributed by atoms with van der Waals surface area (Å²) in [6.45, 7) is 0.649. The molecule has 1 atom stereocenters. The molecule has 0 saturated carbocycles. The monoisotopic (exact) mass is 351 g/mol. The Balaban J connectivity index is 1.53. The Morgan fingerprint density at radius 1 is 1.12 bits per heavy atom. The van der Waals surface area contributed by atoms with E-state index in [9.17, 15) is 4.79 Å². The molecule has 4 rings (SSSR count). The number of nitrogens with one attached hydrogen (secondary N) is 1. The molecule has 0 aliphatic heterocycles. The minimum absolute atomic E-state index is 0.123. The lowest BCUT2D eigenvalue weighted by Gasteiger charge is -2.24. The zero-order valence-corrected chi connectivity index (χ0v) is 14.8. The smallest absolute Gasteiger partial charge is 0.270 e. The van der Waals surface area contributed by atoms with E-state index in [0.29, 0.717) is 11.8 Å². The zero-order chi connectivity index (χ0) is 17.1. The Bertz CT molecular complexity index is 901. The van der Waals surface area contributed by atoms with E-state index in [4.69, 9.17) is 0 Å². The third-order valence-electron chi connectivity index (χ3n) is 4.75. The number of rotatable bonds is 5. The average molecular weight is 351 g/mol. The molecule has 1 aliphatic carbocycles. The molecule has 0 amide bonds. The Kier molecular flexibility index (Phi) is 4.74. The highest BCUT2D eigenvalue weighted by molar-refractivity contribution is 7.99. The van der Waals surface area contributed by atoms with Crippen LogP contribution in [0.5, 0.6) is 0 Å². The molecule has 4 nitrogen and oxygen atoms in total. The van der Waals surface area contributed by atoms with E-state index in [1.165, 1.54) is 23.1 Å². The van der Waals surface area contributed by atoms with Crippen molar-refractivity contribution >= 4 is 11.8 Å². The van der Waals surface area contributed by atoms with Crippen molar-refractivity contribution in [3.63, 3.8) is 0 Å². The van der Waals surface area contributed by atoms with Gasteiger partial charge in [0.2, 0.25) is 0 Å². The summed E-state index contributed by atoms with van der Waals surface area (Å²) in [4.78, 5) is 12.2. The fourth-order valence-electron chi connectivity index (χ4n) is 3.43. The number of aromatic amines is 1. The molecule has 1 aliphatic rings. The fourth-order valence-corrected chi connectivity index (χ4v) is 4.73. The van der Waals surface area contributed by atoms with Crippen molar-refractivity contribution in [1.29, 1.82) is 0 Å². The van der Waals surface area contributed by atoms with Gasteiger partial charge in [0, 0.05) is 11.8 Å². The number of aromatic nitrogens is 3. The van der Waals surface area contributed by atoms with Crippen molar-refractivity contribution < 1.29 is 0 Å². The molecule has 25 heavy (non-hydrogen) atoms. The van der Waals surface area contributed by atoms with Crippen LogP contribution < -0.4 is 5.69 Å². The summed E-state index contributed by atoms with van der Waals surface area (Å²) in [5.41, 5.74) is 3.93. The van der Waals surface area contributed by atoms with Gasteiger partial charge in [-0.1, -0.05) is 66.4 Å². The standard InChI is InChI=1S/C20H21N3OS/c24-19-21-22-20(23(19)14-13-15-7-2-1-3-8-15)25-18-12-6-10-16-9-4-5-11-17(16)18/h1-5,7-9,11,18H,6,10,12-14H2,(H,21,24). The van der Waals surface area contributed by atoms with Crippen LogP contribution in [0.1, 0.15) is 34.8 Å². The highest BCUT2D eigenvalue weighted by atomic mass is 32.2. The molecule has 0 saturated heterocycles. The second-order valence-electron chi connectivity index (χ2n) is 6.40. The zero-order valence-electron chi connectivity index (χ0n) is 14.0. The Morgan fingerprint density at radius 3 is 2.80 bits per heavy atom.